The van der Waals surface area contributed by atoms with Crippen molar-refractivity contribution >= 4 is 15.7 Å². The summed E-state index contributed by atoms with van der Waals surface area (Å²) >= 11 is 0. The van der Waals surface area contributed by atoms with E-state index in [1.54, 1.807) is 0 Å². The lowest BCUT2D eigenvalue weighted by molar-refractivity contribution is -0.121. The van der Waals surface area contributed by atoms with Crippen molar-refractivity contribution in [3.05, 3.63) is 0 Å². The molecule has 6 heteroatoms. The summed E-state index contributed by atoms with van der Waals surface area (Å²) in [5.41, 5.74) is 5.38. The minimum absolute atomic E-state index is 0.147. The smallest absolute Gasteiger partial charge is 0.238 e. The van der Waals surface area contributed by atoms with Crippen molar-refractivity contribution in [1.29, 1.82) is 0 Å². The van der Waals surface area contributed by atoms with Crippen molar-refractivity contribution in [2.45, 2.75) is 31.6 Å². The summed E-state index contributed by atoms with van der Waals surface area (Å²) in [6.07, 6.45) is 1.74. The van der Waals surface area contributed by atoms with Gasteiger partial charge in [-0.25, -0.2) is 8.42 Å². The first-order valence-corrected chi connectivity index (χ1v) is 6.47. The number of nitrogens with one attached hydrogen (secondary N) is 1. The Balaban J connectivity index is 4.35. The molecule has 0 aliphatic rings. The molecule has 5 nitrogen and oxygen atoms in total. The molecule has 0 spiro atoms. The van der Waals surface area contributed by atoms with Crippen molar-refractivity contribution in [1.82, 2.24) is 5.32 Å². The number of sulfone groups is 1. The Kier molecular flexibility index (Phi) is 5.07. The second-order valence-electron chi connectivity index (χ2n) is 3.32. The fourth-order valence-electron chi connectivity index (χ4n) is 0.841. The zero-order valence-electron chi connectivity index (χ0n) is 8.78. The monoisotopic (exact) mass is 222 g/mol. The Morgan fingerprint density at radius 3 is 2.29 bits per heavy atom. The van der Waals surface area contributed by atoms with Gasteiger partial charge in [0.2, 0.25) is 5.91 Å². The van der Waals surface area contributed by atoms with E-state index in [4.69, 9.17) is 5.73 Å². The molecule has 0 heterocycles. The van der Waals surface area contributed by atoms with Crippen LogP contribution in [0, 0.1) is 0 Å². The van der Waals surface area contributed by atoms with Gasteiger partial charge in [0.25, 0.3) is 0 Å². The van der Waals surface area contributed by atoms with E-state index in [0.717, 1.165) is 6.26 Å². The maximum atomic E-state index is 11.4. The molecule has 0 saturated heterocycles. The fraction of sp³-hybridized carbons (Fsp3) is 0.875. The highest BCUT2D eigenvalue weighted by molar-refractivity contribution is 7.92. The Bertz CT molecular complexity index is 283. The van der Waals surface area contributed by atoms with E-state index in [2.05, 4.69) is 5.32 Å². The summed E-state index contributed by atoms with van der Waals surface area (Å²) in [4.78, 5) is 11.4. The lowest BCUT2D eigenvalue weighted by atomic mass is 10.2. The highest BCUT2D eigenvalue weighted by Crippen LogP contribution is 1.99. The average Bonchev–Trinajstić information content (AvgIpc) is 2.11. The van der Waals surface area contributed by atoms with Gasteiger partial charge in [-0.15, -0.1) is 0 Å². The third kappa shape index (κ3) is 4.06. The van der Waals surface area contributed by atoms with E-state index < -0.39 is 21.0 Å². The highest BCUT2D eigenvalue weighted by Gasteiger charge is 2.24. The molecule has 0 aromatic carbocycles. The van der Waals surface area contributed by atoms with Crippen molar-refractivity contribution in [3.8, 4) is 0 Å². The SMILES string of the molecule is CCC(CN)NC(=O)C(C)S(C)(=O)=O. The summed E-state index contributed by atoms with van der Waals surface area (Å²) in [5.74, 6) is -0.482. The molecule has 2 atom stereocenters. The quantitative estimate of drug-likeness (QED) is 0.642. The predicted molar refractivity (Wildman–Crippen MR) is 55.6 cm³/mol. The third-order valence-corrected chi connectivity index (χ3v) is 3.63. The first kappa shape index (κ1) is 13.4. The molecule has 0 aliphatic carbocycles. The summed E-state index contributed by atoms with van der Waals surface area (Å²) < 4.78 is 22.1. The van der Waals surface area contributed by atoms with Crippen molar-refractivity contribution in [2.75, 3.05) is 12.8 Å². The highest BCUT2D eigenvalue weighted by atomic mass is 32.2. The standard InChI is InChI=1S/C8H18N2O3S/c1-4-7(5-9)10-8(11)6(2)14(3,12)13/h6-7H,4-5,9H2,1-3H3,(H,10,11). The van der Waals surface area contributed by atoms with Crippen LogP contribution in [0.1, 0.15) is 20.3 Å². The molecule has 2 unspecified atom stereocenters. The number of rotatable bonds is 5. The van der Waals surface area contributed by atoms with Gasteiger partial charge in [0.1, 0.15) is 5.25 Å². The van der Waals surface area contributed by atoms with Crippen LogP contribution in [0.2, 0.25) is 0 Å². The largest absolute Gasteiger partial charge is 0.351 e. The van der Waals surface area contributed by atoms with Crippen molar-refractivity contribution in [3.63, 3.8) is 0 Å². The minimum atomic E-state index is -3.32. The van der Waals surface area contributed by atoms with Gasteiger partial charge < -0.3 is 11.1 Å². The normalized spacial score (nSPS) is 16.0. The van der Waals surface area contributed by atoms with Crippen LogP contribution in [0.5, 0.6) is 0 Å². The number of carbonyl (C=O) groups excluding carboxylic acids is 1. The zero-order chi connectivity index (χ0) is 11.4. The number of carbonyl (C=O) groups is 1. The number of hydrogen-bond acceptors (Lipinski definition) is 4. The Hall–Kier alpha value is -0.620. The van der Waals surface area contributed by atoms with Crippen LogP contribution >= 0.6 is 0 Å². The van der Waals surface area contributed by atoms with Crippen LogP contribution in [0.15, 0.2) is 0 Å². The summed E-state index contributed by atoms with van der Waals surface area (Å²) in [5, 5.41) is 1.57. The fourth-order valence-corrected chi connectivity index (χ4v) is 1.30. The molecule has 14 heavy (non-hydrogen) atoms. The molecule has 0 saturated carbocycles. The van der Waals surface area contributed by atoms with Crippen molar-refractivity contribution in [2.24, 2.45) is 5.73 Å². The number of hydrogen-bond donors (Lipinski definition) is 2. The van der Waals surface area contributed by atoms with Crippen LogP contribution in [-0.2, 0) is 14.6 Å². The molecule has 0 bridgehead atoms. The maximum Gasteiger partial charge on any atom is 0.238 e. The van der Waals surface area contributed by atoms with Crippen LogP contribution in [0.3, 0.4) is 0 Å². The molecule has 0 aromatic rings. The summed E-state index contributed by atoms with van der Waals surface area (Å²) in [6.45, 7) is 3.57. The van der Waals surface area contributed by atoms with Gasteiger partial charge in [-0.3, -0.25) is 4.79 Å². The zero-order valence-corrected chi connectivity index (χ0v) is 9.60. The van der Waals surface area contributed by atoms with Crippen LogP contribution in [0.25, 0.3) is 0 Å². The average molecular weight is 222 g/mol. The lowest BCUT2D eigenvalue weighted by Gasteiger charge is -2.17. The third-order valence-electron chi connectivity index (χ3n) is 2.14. The van der Waals surface area contributed by atoms with E-state index in [-0.39, 0.29) is 6.04 Å². The van der Waals surface area contributed by atoms with Gasteiger partial charge in [-0.05, 0) is 13.3 Å². The van der Waals surface area contributed by atoms with E-state index in [0.29, 0.717) is 13.0 Å². The Morgan fingerprint density at radius 2 is 2.00 bits per heavy atom. The molecular formula is C8H18N2O3S. The Morgan fingerprint density at radius 1 is 1.50 bits per heavy atom. The molecule has 0 aliphatic heterocycles. The van der Waals surface area contributed by atoms with Gasteiger partial charge in [0, 0.05) is 18.8 Å². The number of amides is 1. The summed E-state index contributed by atoms with van der Waals surface area (Å²) in [7, 11) is -3.32. The topological polar surface area (TPSA) is 89.3 Å². The summed E-state index contributed by atoms with van der Waals surface area (Å²) in [6, 6.07) is -0.147. The molecular weight excluding hydrogens is 204 g/mol. The minimum Gasteiger partial charge on any atom is -0.351 e. The Labute approximate surface area is 85.0 Å². The van der Waals surface area contributed by atoms with E-state index >= 15 is 0 Å². The first-order valence-electron chi connectivity index (χ1n) is 4.52. The first-order chi connectivity index (χ1) is 6.32. The van der Waals surface area contributed by atoms with Crippen LogP contribution in [-0.4, -0.2) is 38.4 Å². The van der Waals surface area contributed by atoms with E-state index in [1.807, 2.05) is 6.92 Å². The van der Waals surface area contributed by atoms with Gasteiger partial charge in [0.05, 0.1) is 0 Å². The number of nitrogens with two attached hydrogens (primary N) is 1. The maximum absolute atomic E-state index is 11.4. The van der Waals surface area contributed by atoms with Gasteiger partial charge >= 0.3 is 0 Å². The van der Waals surface area contributed by atoms with Gasteiger partial charge in [0.15, 0.2) is 9.84 Å². The predicted octanol–water partition coefficient (Wildman–Crippen LogP) is -0.727. The molecule has 0 rings (SSSR count). The second-order valence-corrected chi connectivity index (χ2v) is 5.69. The van der Waals surface area contributed by atoms with E-state index in [1.165, 1.54) is 6.92 Å². The van der Waals surface area contributed by atoms with Crippen LogP contribution in [0.4, 0.5) is 0 Å². The van der Waals surface area contributed by atoms with E-state index in [9.17, 15) is 13.2 Å². The molecule has 84 valence electrons. The van der Waals surface area contributed by atoms with Gasteiger partial charge in [-0.1, -0.05) is 6.92 Å². The second kappa shape index (κ2) is 5.31. The molecule has 3 N–H and O–H groups in total. The molecule has 0 radical (unpaired) electrons. The lowest BCUT2D eigenvalue weighted by Crippen LogP contribution is -2.45. The van der Waals surface area contributed by atoms with Crippen molar-refractivity contribution < 1.29 is 13.2 Å². The van der Waals surface area contributed by atoms with Crippen LogP contribution < -0.4 is 11.1 Å². The van der Waals surface area contributed by atoms with Gasteiger partial charge in [-0.2, -0.15) is 0 Å². The molecule has 0 aromatic heterocycles. The molecule has 0 fully saturated rings. The molecule has 1 amide bonds.